The van der Waals surface area contributed by atoms with E-state index in [1.54, 1.807) is 7.11 Å². The topological polar surface area (TPSA) is 100.0 Å². The summed E-state index contributed by atoms with van der Waals surface area (Å²) >= 11 is 0. The molecule has 2 heterocycles. The minimum atomic E-state index is -5.08. The van der Waals surface area contributed by atoms with Crippen LogP contribution in [0.4, 0.5) is 26.3 Å². The van der Waals surface area contributed by atoms with Gasteiger partial charge < -0.3 is 14.9 Å². The fourth-order valence-electron chi connectivity index (χ4n) is 3.62. The number of alkyl halides is 6. The smallest absolute Gasteiger partial charge is 0.475 e. The van der Waals surface area contributed by atoms with Crippen LogP contribution in [0.3, 0.4) is 0 Å². The van der Waals surface area contributed by atoms with E-state index in [0.29, 0.717) is 6.61 Å². The number of nitrogens with zero attached hydrogens (tertiary/aromatic N) is 2. The van der Waals surface area contributed by atoms with E-state index in [1.165, 1.54) is 55.5 Å². The fourth-order valence-corrected chi connectivity index (χ4v) is 3.62. The van der Waals surface area contributed by atoms with E-state index in [1.807, 2.05) is 6.20 Å². The van der Waals surface area contributed by atoms with Gasteiger partial charge in [0.2, 0.25) is 0 Å². The third kappa shape index (κ3) is 10.4. The number of aliphatic carboxylic acids is 2. The van der Waals surface area contributed by atoms with E-state index in [0.717, 1.165) is 18.9 Å². The molecule has 0 saturated heterocycles. The van der Waals surface area contributed by atoms with E-state index in [-0.39, 0.29) is 0 Å². The molecule has 33 heavy (non-hydrogen) atoms. The number of rotatable bonds is 4. The maximum Gasteiger partial charge on any atom is 0.490 e. The number of carboxylic acids is 2. The molecule has 0 radical (unpaired) electrons. The van der Waals surface area contributed by atoms with Crippen molar-refractivity contribution in [2.24, 2.45) is 5.92 Å². The van der Waals surface area contributed by atoms with Crippen LogP contribution in [0.1, 0.15) is 42.4 Å². The fraction of sp³-hybridized carbons (Fsp3) is 0.650. The van der Waals surface area contributed by atoms with E-state index >= 15 is 0 Å². The van der Waals surface area contributed by atoms with Gasteiger partial charge >= 0.3 is 24.3 Å². The SMILES string of the molecule is COCc1cncc2c1CCN(CC1CCCC1)C2.O=C(O)C(F)(F)F.O=C(O)C(F)(F)F. The van der Waals surface area contributed by atoms with E-state index in [2.05, 4.69) is 16.1 Å². The van der Waals surface area contributed by atoms with Crippen LogP contribution in [0.15, 0.2) is 12.4 Å². The van der Waals surface area contributed by atoms with Crippen molar-refractivity contribution in [3.05, 3.63) is 29.1 Å². The first-order valence-corrected chi connectivity index (χ1v) is 10.0. The summed E-state index contributed by atoms with van der Waals surface area (Å²) < 4.78 is 68.7. The van der Waals surface area contributed by atoms with Crippen LogP contribution in [0.2, 0.25) is 0 Å². The van der Waals surface area contributed by atoms with Crippen molar-refractivity contribution >= 4 is 11.9 Å². The Bertz CT molecular complexity index is 755. The zero-order valence-electron chi connectivity index (χ0n) is 17.9. The predicted molar refractivity (Wildman–Crippen MR) is 103 cm³/mol. The molecule has 188 valence electrons. The number of halogens is 6. The number of carbonyl (C=O) groups is 2. The van der Waals surface area contributed by atoms with E-state index < -0.39 is 24.3 Å². The number of pyridine rings is 1. The lowest BCUT2D eigenvalue weighted by atomic mass is 9.96. The molecule has 0 bridgehead atoms. The Balaban J connectivity index is 0.000000324. The Morgan fingerprint density at radius 1 is 1.06 bits per heavy atom. The largest absolute Gasteiger partial charge is 0.490 e. The van der Waals surface area contributed by atoms with Crippen LogP contribution >= 0.6 is 0 Å². The summed E-state index contributed by atoms with van der Waals surface area (Å²) in [5.41, 5.74) is 4.18. The summed E-state index contributed by atoms with van der Waals surface area (Å²) in [5, 5.41) is 14.2. The Hall–Kier alpha value is -2.41. The summed E-state index contributed by atoms with van der Waals surface area (Å²) in [6.45, 7) is 4.26. The lowest BCUT2D eigenvalue weighted by Crippen LogP contribution is -2.34. The van der Waals surface area contributed by atoms with Crippen LogP contribution in [-0.2, 0) is 33.9 Å². The number of ether oxygens (including phenoxy) is 1. The molecule has 0 spiro atoms. The molecule has 0 aromatic carbocycles. The monoisotopic (exact) mass is 488 g/mol. The Kier molecular flexibility index (Phi) is 11.0. The number of hydrogen-bond donors (Lipinski definition) is 2. The average molecular weight is 488 g/mol. The molecule has 1 aromatic heterocycles. The van der Waals surface area contributed by atoms with Crippen molar-refractivity contribution in [1.29, 1.82) is 0 Å². The number of fused-ring (bicyclic) bond motifs is 1. The number of aromatic nitrogens is 1. The molecule has 0 unspecified atom stereocenters. The third-order valence-corrected chi connectivity index (χ3v) is 5.08. The number of hydrogen-bond acceptors (Lipinski definition) is 5. The molecule has 1 fully saturated rings. The highest BCUT2D eigenvalue weighted by molar-refractivity contribution is 5.73. The molecular formula is C20H26F6N2O5. The van der Waals surface area contributed by atoms with Crippen molar-refractivity contribution in [3.63, 3.8) is 0 Å². The molecule has 0 amide bonds. The molecule has 0 atom stereocenters. The van der Waals surface area contributed by atoms with Gasteiger partial charge in [-0.1, -0.05) is 12.8 Å². The van der Waals surface area contributed by atoms with Crippen molar-refractivity contribution in [3.8, 4) is 0 Å². The molecular weight excluding hydrogens is 462 g/mol. The summed E-state index contributed by atoms with van der Waals surface area (Å²) in [5.74, 6) is -4.57. The van der Waals surface area contributed by atoms with Gasteiger partial charge in [0.25, 0.3) is 0 Å². The summed E-state index contributed by atoms with van der Waals surface area (Å²) in [7, 11) is 1.76. The highest BCUT2D eigenvalue weighted by atomic mass is 19.4. The highest BCUT2D eigenvalue weighted by Gasteiger charge is 2.38. The molecule has 2 N–H and O–H groups in total. The lowest BCUT2D eigenvalue weighted by molar-refractivity contribution is -0.193. The van der Waals surface area contributed by atoms with Crippen LogP contribution < -0.4 is 0 Å². The minimum absolute atomic E-state index is 0.693. The highest BCUT2D eigenvalue weighted by Crippen LogP contribution is 2.28. The van der Waals surface area contributed by atoms with Crippen molar-refractivity contribution < 1.29 is 50.9 Å². The van der Waals surface area contributed by atoms with Gasteiger partial charge in [-0.05, 0) is 41.9 Å². The Labute approximate surface area is 186 Å². The van der Waals surface area contributed by atoms with Gasteiger partial charge in [0.15, 0.2) is 0 Å². The van der Waals surface area contributed by atoms with Gasteiger partial charge in [-0.15, -0.1) is 0 Å². The molecule has 1 aromatic rings. The quantitative estimate of drug-likeness (QED) is 0.617. The molecule has 13 heteroatoms. The molecule has 1 aliphatic heterocycles. The third-order valence-electron chi connectivity index (χ3n) is 5.08. The number of carboxylic acid groups (broad SMARTS) is 2. The van der Waals surface area contributed by atoms with Gasteiger partial charge in [0, 0.05) is 39.1 Å². The van der Waals surface area contributed by atoms with Crippen LogP contribution in [-0.4, -0.2) is 64.6 Å². The van der Waals surface area contributed by atoms with Crippen molar-refractivity contribution in [2.45, 2.75) is 57.6 Å². The number of methoxy groups -OCH3 is 1. The molecule has 3 rings (SSSR count). The second-order valence-corrected chi connectivity index (χ2v) is 7.61. The first kappa shape index (κ1) is 28.6. The standard InChI is InChI=1S/C16H24N2O.2C2HF3O2/c1-19-12-15-9-17-8-14-11-18(7-6-16(14)15)10-13-4-2-3-5-13;2*3-2(4,5)1(6)7/h8-9,13H,2-7,10-12H2,1H3;2*(H,6,7). The second-order valence-electron chi connectivity index (χ2n) is 7.61. The minimum Gasteiger partial charge on any atom is -0.475 e. The van der Waals surface area contributed by atoms with Gasteiger partial charge in [-0.25, -0.2) is 9.59 Å². The normalized spacial score (nSPS) is 16.7. The van der Waals surface area contributed by atoms with E-state index in [9.17, 15) is 26.3 Å². The summed E-state index contributed by atoms with van der Waals surface area (Å²) in [6.07, 6.45) is 0.757. The first-order chi connectivity index (χ1) is 15.3. The molecule has 1 saturated carbocycles. The Morgan fingerprint density at radius 3 is 2.03 bits per heavy atom. The predicted octanol–water partition coefficient (Wildman–Crippen LogP) is 4.04. The maximum atomic E-state index is 10.6. The average Bonchev–Trinajstić information content (AvgIpc) is 3.21. The zero-order chi connectivity index (χ0) is 25.2. The van der Waals surface area contributed by atoms with Gasteiger partial charge in [0.05, 0.1) is 6.61 Å². The van der Waals surface area contributed by atoms with Gasteiger partial charge in [0.1, 0.15) is 0 Å². The van der Waals surface area contributed by atoms with Crippen LogP contribution in [0, 0.1) is 5.92 Å². The van der Waals surface area contributed by atoms with Crippen LogP contribution in [0.5, 0.6) is 0 Å². The van der Waals surface area contributed by atoms with Gasteiger partial charge in [-0.2, -0.15) is 26.3 Å². The van der Waals surface area contributed by atoms with E-state index in [4.69, 9.17) is 24.5 Å². The second kappa shape index (κ2) is 12.7. The summed E-state index contributed by atoms with van der Waals surface area (Å²) in [4.78, 5) is 24.8. The molecule has 2 aliphatic rings. The lowest BCUT2D eigenvalue weighted by Gasteiger charge is -2.31. The maximum absolute atomic E-state index is 10.6. The zero-order valence-corrected chi connectivity index (χ0v) is 17.9. The van der Waals surface area contributed by atoms with Crippen LogP contribution in [0.25, 0.3) is 0 Å². The molecule has 7 nitrogen and oxygen atoms in total. The first-order valence-electron chi connectivity index (χ1n) is 10.0. The molecule has 1 aliphatic carbocycles. The Morgan fingerprint density at radius 2 is 1.58 bits per heavy atom. The van der Waals surface area contributed by atoms with Crippen molar-refractivity contribution in [2.75, 3.05) is 20.2 Å². The van der Waals surface area contributed by atoms with Crippen molar-refractivity contribution in [1.82, 2.24) is 9.88 Å². The van der Waals surface area contributed by atoms with Gasteiger partial charge in [-0.3, -0.25) is 9.88 Å². The summed E-state index contributed by atoms with van der Waals surface area (Å²) in [6, 6.07) is 0.